The van der Waals surface area contributed by atoms with Crippen molar-refractivity contribution in [3.05, 3.63) is 70.3 Å². The Labute approximate surface area is 228 Å². The van der Waals surface area contributed by atoms with Crippen LogP contribution in [0.1, 0.15) is 38.2 Å². The molecule has 2 aromatic rings. The fraction of sp³-hybridized carbons (Fsp3) is 0.379. The molecule has 6 atom stereocenters. The summed E-state index contributed by atoms with van der Waals surface area (Å²) in [6.45, 7) is 3.55. The highest BCUT2D eigenvalue weighted by Crippen LogP contribution is 2.64. The van der Waals surface area contributed by atoms with Crippen LogP contribution < -0.4 is 4.90 Å². The molecular formula is C29H25ClF2N2O5. The second-order valence-corrected chi connectivity index (χ2v) is 11.3. The number of amides is 4. The Morgan fingerprint density at radius 1 is 1.03 bits per heavy atom. The fourth-order valence-electron chi connectivity index (χ4n) is 7.37. The number of carbonyl (C=O) groups excluding carboxylic acids is 4. The molecule has 3 fully saturated rings. The van der Waals surface area contributed by atoms with E-state index in [0.29, 0.717) is 5.57 Å². The van der Waals surface area contributed by atoms with E-state index in [2.05, 4.69) is 0 Å². The van der Waals surface area contributed by atoms with Crippen molar-refractivity contribution >= 4 is 40.9 Å². The van der Waals surface area contributed by atoms with Gasteiger partial charge in [-0.25, -0.2) is 13.7 Å². The summed E-state index contributed by atoms with van der Waals surface area (Å²) in [5, 5.41) is 10.6. The maximum Gasteiger partial charge on any atom is 0.241 e. The molecule has 2 saturated heterocycles. The van der Waals surface area contributed by atoms with Gasteiger partial charge in [-0.05, 0) is 56.9 Å². The Morgan fingerprint density at radius 3 is 2.46 bits per heavy atom. The average Bonchev–Trinajstić information content (AvgIpc) is 3.27. The zero-order valence-electron chi connectivity index (χ0n) is 21.2. The van der Waals surface area contributed by atoms with Gasteiger partial charge in [0.2, 0.25) is 23.6 Å². The van der Waals surface area contributed by atoms with Crippen LogP contribution in [-0.4, -0.2) is 40.2 Å². The minimum atomic E-state index is -1.46. The molecule has 0 unspecified atom stereocenters. The number of likely N-dealkylation sites (tertiary alicyclic amines) is 1. The third kappa shape index (κ3) is 3.32. The minimum absolute atomic E-state index is 0.0911. The molecule has 2 aliphatic heterocycles. The van der Waals surface area contributed by atoms with Crippen molar-refractivity contribution in [3.63, 3.8) is 0 Å². The highest BCUT2D eigenvalue weighted by atomic mass is 35.5. The molecule has 0 radical (unpaired) electrons. The summed E-state index contributed by atoms with van der Waals surface area (Å²) in [5.74, 6) is -7.77. The van der Waals surface area contributed by atoms with Gasteiger partial charge in [-0.1, -0.05) is 35.4 Å². The van der Waals surface area contributed by atoms with Gasteiger partial charge in [-0.2, -0.15) is 0 Å². The van der Waals surface area contributed by atoms with E-state index in [9.17, 15) is 33.1 Å². The van der Waals surface area contributed by atoms with E-state index >= 15 is 0 Å². The number of para-hydroxylation sites is 1. The molecule has 2 aliphatic carbocycles. The molecule has 39 heavy (non-hydrogen) atoms. The number of phenolic OH excluding ortho intramolecular Hbond substituents is 1. The Hall–Kier alpha value is -3.59. The van der Waals surface area contributed by atoms with Crippen LogP contribution in [0.5, 0.6) is 5.75 Å². The minimum Gasteiger partial charge on any atom is -0.505 e. The maximum absolute atomic E-state index is 14.7. The Balaban J connectivity index is 1.55. The molecule has 7 nitrogen and oxygen atoms in total. The second kappa shape index (κ2) is 8.71. The number of aromatic hydroxyl groups is 1. The van der Waals surface area contributed by atoms with Gasteiger partial charge in [0.25, 0.3) is 0 Å². The lowest BCUT2D eigenvalue weighted by molar-refractivity contribution is -0.140. The molecule has 4 amide bonds. The van der Waals surface area contributed by atoms with Gasteiger partial charge in [0.15, 0.2) is 11.6 Å². The first-order chi connectivity index (χ1) is 18.5. The van der Waals surface area contributed by atoms with E-state index in [4.69, 9.17) is 11.6 Å². The summed E-state index contributed by atoms with van der Waals surface area (Å²) in [5.41, 5.74) is -0.612. The van der Waals surface area contributed by atoms with Crippen molar-refractivity contribution in [3.8, 4) is 5.75 Å². The van der Waals surface area contributed by atoms with Crippen molar-refractivity contribution in [1.29, 1.82) is 0 Å². The highest BCUT2D eigenvalue weighted by Gasteiger charge is 2.67. The molecule has 202 valence electrons. The van der Waals surface area contributed by atoms with Crippen molar-refractivity contribution < 1.29 is 33.1 Å². The number of anilines is 1. The number of halogens is 3. The van der Waals surface area contributed by atoms with Gasteiger partial charge in [0, 0.05) is 18.0 Å². The smallest absolute Gasteiger partial charge is 0.241 e. The predicted molar refractivity (Wildman–Crippen MR) is 136 cm³/mol. The van der Waals surface area contributed by atoms with E-state index in [1.54, 1.807) is 13.8 Å². The summed E-state index contributed by atoms with van der Waals surface area (Å²) in [6, 6.07) is 7.57. The summed E-state index contributed by atoms with van der Waals surface area (Å²) in [6.07, 6.45) is 2.19. The summed E-state index contributed by atoms with van der Waals surface area (Å²) >= 11 is 5.97. The average molecular weight is 555 g/mol. The molecule has 0 spiro atoms. The molecule has 1 N–H and O–H groups in total. The molecule has 2 heterocycles. The maximum atomic E-state index is 14.7. The first kappa shape index (κ1) is 25.7. The van der Waals surface area contributed by atoms with E-state index in [1.807, 2.05) is 6.08 Å². The SMILES string of the molecule is CCN1C(=O)[C@H]2[C@H](CC=C3[C@H]2C[C@H]2C(=O)N(c4ccc(F)c(Cl)c4)C(=O)[C@@]2(C)[C@H]3c2cccc(F)c2O)C1=O. The molecule has 10 heteroatoms. The van der Waals surface area contributed by atoms with Gasteiger partial charge in [0.05, 0.1) is 33.9 Å². The van der Waals surface area contributed by atoms with Gasteiger partial charge < -0.3 is 5.11 Å². The van der Waals surface area contributed by atoms with Gasteiger partial charge in [0.1, 0.15) is 5.82 Å². The van der Waals surface area contributed by atoms with Crippen LogP contribution in [-0.2, 0) is 19.2 Å². The van der Waals surface area contributed by atoms with E-state index in [0.717, 1.165) is 17.0 Å². The number of imide groups is 2. The quantitative estimate of drug-likeness (QED) is 0.443. The second-order valence-electron chi connectivity index (χ2n) is 10.9. The lowest BCUT2D eigenvalue weighted by Gasteiger charge is -2.49. The van der Waals surface area contributed by atoms with Crippen LogP contribution in [0.2, 0.25) is 5.02 Å². The summed E-state index contributed by atoms with van der Waals surface area (Å²) < 4.78 is 28.6. The number of rotatable bonds is 3. The zero-order valence-corrected chi connectivity index (χ0v) is 21.9. The summed E-state index contributed by atoms with van der Waals surface area (Å²) in [7, 11) is 0. The van der Waals surface area contributed by atoms with Gasteiger partial charge in [-0.15, -0.1) is 0 Å². The van der Waals surface area contributed by atoms with Crippen molar-refractivity contribution in [2.45, 2.75) is 32.6 Å². The lowest BCUT2D eigenvalue weighted by Crippen LogP contribution is -2.49. The van der Waals surface area contributed by atoms with Crippen molar-refractivity contribution in [1.82, 2.24) is 4.90 Å². The third-order valence-electron chi connectivity index (χ3n) is 9.17. The highest BCUT2D eigenvalue weighted by molar-refractivity contribution is 6.31. The first-order valence-electron chi connectivity index (χ1n) is 12.9. The molecule has 2 aromatic carbocycles. The van der Waals surface area contributed by atoms with E-state index < -0.39 is 64.2 Å². The standard InChI is InChI=1S/C29H25ClF2N2O5/c1-3-33-25(36)15-9-8-14-17(22(15)27(33)38)12-18-26(37)34(13-7-10-20(31)19(30)11-13)28(39)29(18,2)23(14)16-5-4-6-21(32)24(16)35/h4-8,10-11,15,17-18,22-23,35H,3,9,12H2,1-2H3/t15-,17+,18-,22-,23+,29+/m0/s1. The lowest BCUT2D eigenvalue weighted by atomic mass is 9.51. The Morgan fingerprint density at radius 2 is 1.77 bits per heavy atom. The van der Waals surface area contributed by atoms with Crippen LogP contribution in [0.25, 0.3) is 0 Å². The van der Waals surface area contributed by atoms with Crippen LogP contribution in [0.3, 0.4) is 0 Å². The normalized spacial score (nSPS) is 31.8. The molecule has 6 rings (SSSR count). The monoisotopic (exact) mass is 554 g/mol. The Kier molecular flexibility index (Phi) is 5.73. The number of nitrogens with zero attached hydrogens (tertiary/aromatic N) is 2. The topological polar surface area (TPSA) is 95.0 Å². The van der Waals surface area contributed by atoms with Crippen LogP contribution in [0, 0.1) is 40.7 Å². The van der Waals surface area contributed by atoms with Gasteiger partial charge >= 0.3 is 0 Å². The molecule has 4 aliphatic rings. The number of allylic oxidation sites excluding steroid dienone is 2. The van der Waals surface area contributed by atoms with E-state index in [-0.39, 0.29) is 47.5 Å². The predicted octanol–water partition coefficient (Wildman–Crippen LogP) is 4.57. The zero-order chi connectivity index (χ0) is 28.0. The third-order valence-corrected chi connectivity index (χ3v) is 9.46. The van der Waals surface area contributed by atoms with Crippen LogP contribution >= 0.6 is 11.6 Å². The van der Waals surface area contributed by atoms with Crippen molar-refractivity contribution in [2.24, 2.45) is 29.1 Å². The molecule has 0 bridgehead atoms. The molecule has 1 saturated carbocycles. The fourth-order valence-corrected chi connectivity index (χ4v) is 7.55. The number of phenols is 1. The first-order valence-corrected chi connectivity index (χ1v) is 13.3. The number of carbonyl (C=O) groups is 4. The number of fused-ring (bicyclic) bond motifs is 4. The molecule has 0 aromatic heterocycles. The summed E-state index contributed by atoms with van der Waals surface area (Å²) in [4.78, 5) is 56.8. The number of hydrogen-bond donors (Lipinski definition) is 1. The number of hydrogen-bond acceptors (Lipinski definition) is 5. The van der Waals surface area contributed by atoms with Crippen molar-refractivity contribution in [2.75, 3.05) is 11.4 Å². The van der Waals surface area contributed by atoms with E-state index in [1.165, 1.54) is 29.2 Å². The van der Waals surface area contributed by atoms with Gasteiger partial charge in [-0.3, -0.25) is 24.1 Å². The number of benzene rings is 2. The largest absolute Gasteiger partial charge is 0.505 e. The Bertz CT molecular complexity index is 1510. The molecular weight excluding hydrogens is 530 g/mol. The van der Waals surface area contributed by atoms with Crippen LogP contribution in [0.15, 0.2) is 48.0 Å². The van der Waals surface area contributed by atoms with Crippen LogP contribution in [0.4, 0.5) is 14.5 Å².